The van der Waals surface area contributed by atoms with Gasteiger partial charge >= 0.3 is 6.18 Å². The van der Waals surface area contributed by atoms with Crippen molar-refractivity contribution in [3.05, 3.63) is 54.6 Å². The lowest BCUT2D eigenvalue weighted by Crippen LogP contribution is -2.37. The maximum Gasteiger partial charge on any atom is 0.405 e. The van der Waals surface area contributed by atoms with Crippen LogP contribution in [0.5, 0.6) is 5.88 Å². The second-order valence-electron chi connectivity index (χ2n) is 7.57. The number of alkyl halides is 3. The Morgan fingerprint density at radius 1 is 1.38 bits per heavy atom. The molecule has 11 heteroatoms. The maximum absolute atomic E-state index is 13.1. The molecular weight excluding hydrogens is 425 g/mol. The molecule has 32 heavy (non-hydrogen) atoms. The number of nitrogens with one attached hydrogen (secondary N) is 2. The summed E-state index contributed by atoms with van der Waals surface area (Å²) >= 11 is 0. The van der Waals surface area contributed by atoms with Crippen molar-refractivity contribution in [1.29, 1.82) is 0 Å². The zero-order valence-electron chi connectivity index (χ0n) is 17.2. The minimum atomic E-state index is -4.37. The van der Waals surface area contributed by atoms with Gasteiger partial charge in [-0.1, -0.05) is 6.58 Å². The molecule has 3 aromatic heterocycles. The van der Waals surface area contributed by atoms with Crippen molar-refractivity contribution in [2.45, 2.75) is 31.5 Å². The van der Waals surface area contributed by atoms with Crippen LogP contribution in [0.2, 0.25) is 0 Å². The first-order chi connectivity index (χ1) is 15.2. The van der Waals surface area contributed by atoms with E-state index in [-0.39, 0.29) is 24.3 Å². The number of fused-ring (bicyclic) bond motifs is 2. The Balaban J connectivity index is 1.45. The Morgan fingerprint density at radius 2 is 2.19 bits per heavy atom. The van der Waals surface area contributed by atoms with Crippen molar-refractivity contribution in [3.8, 4) is 5.88 Å². The summed E-state index contributed by atoms with van der Waals surface area (Å²) in [6.45, 7) is 4.15. The van der Waals surface area contributed by atoms with E-state index in [1.807, 2.05) is 6.92 Å². The van der Waals surface area contributed by atoms with E-state index in [4.69, 9.17) is 4.74 Å². The Hall–Kier alpha value is -3.63. The van der Waals surface area contributed by atoms with Gasteiger partial charge in [-0.25, -0.2) is 4.98 Å². The summed E-state index contributed by atoms with van der Waals surface area (Å²) in [6.07, 6.45) is -1.25. The van der Waals surface area contributed by atoms with Gasteiger partial charge in [0.25, 0.3) is 0 Å². The summed E-state index contributed by atoms with van der Waals surface area (Å²) in [4.78, 5) is 23.3. The smallest absolute Gasteiger partial charge is 0.405 e. The lowest BCUT2D eigenvalue weighted by atomic mass is 9.99. The van der Waals surface area contributed by atoms with E-state index < -0.39 is 18.6 Å². The highest BCUT2D eigenvalue weighted by Gasteiger charge is 2.39. The van der Waals surface area contributed by atoms with Crippen LogP contribution in [0.4, 0.5) is 18.9 Å². The number of hydrogen-bond donors (Lipinski definition) is 2. The molecule has 4 heterocycles. The van der Waals surface area contributed by atoms with Gasteiger partial charge < -0.3 is 15.0 Å². The molecule has 8 nitrogen and oxygen atoms in total. The number of carbonyl (C=O) groups excluding carboxylic acids is 1. The number of anilines is 1. The van der Waals surface area contributed by atoms with Crippen molar-refractivity contribution < 1.29 is 22.7 Å². The van der Waals surface area contributed by atoms with Crippen molar-refractivity contribution in [2.75, 3.05) is 18.0 Å². The highest BCUT2D eigenvalue weighted by molar-refractivity contribution is 6.04. The van der Waals surface area contributed by atoms with Gasteiger partial charge in [0.2, 0.25) is 11.8 Å². The molecule has 1 amide bonds. The molecule has 2 unspecified atom stereocenters. The standard InChI is InChI=1S/C21H21F3N6O2/c1-12(26-11-21(22,23)24)10-30-17-4-3-7-25-19(17)14(20(30)31)8-13(2)32-18-6-5-15-16(28-18)9-27-29-15/h3-7,9,13-14,26H,1,8,10-11H2,2H3,(H,27,29). The first-order valence-corrected chi connectivity index (χ1v) is 9.93. The molecule has 0 spiro atoms. The van der Waals surface area contributed by atoms with Gasteiger partial charge in [-0.15, -0.1) is 0 Å². The third-order valence-corrected chi connectivity index (χ3v) is 5.05. The number of aromatic amines is 1. The lowest BCUT2D eigenvalue weighted by Gasteiger charge is -2.21. The number of ether oxygens (including phenoxy) is 1. The number of halogens is 3. The second-order valence-corrected chi connectivity index (χ2v) is 7.57. The number of hydrogen-bond acceptors (Lipinski definition) is 6. The number of rotatable bonds is 8. The fraction of sp³-hybridized carbons (Fsp3) is 0.333. The molecule has 4 rings (SSSR count). The molecule has 1 aliphatic rings. The summed E-state index contributed by atoms with van der Waals surface area (Å²) in [5.74, 6) is -0.448. The Labute approximate surface area is 181 Å². The van der Waals surface area contributed by atoms with Crippen LogP contribution in [0, 0.1) is 0 Å². The number of aromatic nitrogens is 4. The van der Waals surface area contributed by atoms with Crippen LogP contribution in [0.3, 0.4) is 0 Å². The molecule has 168 valence electrons. The topological polar surface area (TPSA) is 96.0 Å². The van der Waals surface area contributed by atoms with Crippen LogP contribution in [-0.4, -0.2) is 51.4 Å². The van der Waals surface area contributed by atoms with E-state index in [1.165, 1.54) is 4.90 Å². The van der Waals surface area contributed by atoms with Crippen LogP contribution in [0.1, 0.15) is 25.0 Å². The molecule has 0 saturated heterocycles. The summed E-state index contributed by atoms with van der Waals surface area (Å²) in [6, 6.07) is 6.91. The first kappa shape index (κ1) is 21.6. The summed E-state index contributed by atoms with van der Waals surface area (Å²) < 4.78 is 43.3. The molecule has 0 radical (unpaired) electrons. The van der Waals surface area contributed by atoms with Gasteiger partial charge in [0.1, 0.15) is 12.1 Å². The Kier molecular flexibility index (Phi) is 5.72. The van der Waals surface area contributed by atoms with Gasteiger partial charge in [-0.3, -0.25) is 14.9 Å². The highest BCUT2D eigenvalue weighted by Crippen LogP contribution is 2.38. The molecule has 1 aliphatic heterocycles. The van der Waals surface area contributed by atoms with Gasteiger partial charge in [-0.2, -0.15) is 18.3 Å². The molecule has 0 fully saturated rings. The van der Waals surface area contributed by atoms with Crippen molar-refractivity contribution in [3.63, 3.8) is 0 Å². The average molecular weight is 446 g/mol. The van der Waals surface area contributed by atoms with E-state index >= 15 is 0 Å². The second kappa shape index (κ2) is 8.48. The molecule has 0 bridgehead atoms. The quantitative estimate of drug-likeness (QED) is 0.551. The van der Waals surface area contributed by atoms with Gasteiger partial charge in [-0.05, 0) is 25.1 Å². The number of H-pyrrole nitrogens is 1. The molecule has 3 aromatic rings. The maximum atomic E-state index is 13.1. The third kappa shape index (κ3) is 4.66. The Morgan fingerprint density at radius 3 is 2.97 bits per heavy atom. The van der Waals surface area contributed by atoms with Gasteiger partial charge in [0, 0.05) is 24.4 Å². The zero-order chi connectivity index (χ0) is 22.9. The molecule has 0 saturated carbocycles. The predicted octanol–water partition coefficient (Wildman–Crippen LogP) is 3.31. The van der Waals surface area contributed by atoms with E-state index in [0.717, 1.165) is 5.52 Å². The van der Waals surface area contributed by atoms with Crippen LogP contribution < -0.4 is 15.0 Å². The van der Waals surface area contributed by atoms with E-state index in [0.29, 0.717) is 29.2 Å². The van der Waals surface area contributed by atoms with Crippen LogP contribution in [-0.2, 0) is 4.79 Å². The van der Waals surface area contributed by atoms with Crippen LogP contribution in [0.15, 0.2) is 48.9 Å². The fourth-order valence-corrected chi connectivity index (χ4v) is 3.64. The van der Waals surface area contributed by atoms with Crippen LogP contribution >= 0.6 is 0 Å². The normalized spacial score (nSPS) is 16.8. The summed E-state index contributed by atoms with van der Waals surface area (Å²) in [5, 5.41) is 8.96. The summed E-state index contributed by atoms with van der Waals surface area (Å²) in [7, 11) is 0. The van der Waals surface area contributed by atoms with E-state index in [2.05, 4.69) is 32.1 Å². The average Bonchev–Trinajstić information content (AvgIpc) is 3.30. The molecular formula is C21H21F3N6O2. The Bertz CT molecular complexity index is 1150. The predicted molar refractivity (Wildman–Crippen MR) is 111 cm³/mol. The number of amides is 1. The van der Waals surface area contributed by atoms with Crippen molar-refractivity contribution in [2.24, 2.45) is 0 Å². The molecule has 2 atom stereocenters. The van der Waals surface area contributed by atoms with Gasteiger partial charge in [0.15, 0.2) is 0 Å². The third-order valence-electron chi connectivity index (χ3n) is 5.05. The number of pyridine rings is 2. The van der Waals surface area contributed by atoms with Crippen molar-refractivity contribution in [1.82, 2.24) is 25.5 Å². The minimum absolute atomic E-state index is 0.0853. The number of carbonyl (C=O) groups is 1. The minimum Gasteiger partial charge on any atom is -0.475 e. The van der Waals surface area contributed by atoms with Crippen LogP contribution in [0.25, 0.3) is 11.0 Å². The molecule has 0 aliphatic carbocycles. The lowest BCUT2D eigenvalue weighted by molar-refractivity contribution is -0.123. The van der Waals surface area contributed by atoms with E-state index in [9.17, 15) is 18.0 Å². The van der Waals surface area contributed by atoms with Crippen molar-refractivity contribution >= 4 is 22.6 Å². The highest BCUT2D eigenvalue weighted by atomic mass is 19.4. The fourth-order valence-electron chi connectivity index (χ4n) is 3.64. The number of nitrogens with zero attached hydrogens (tertiary/aromatic N) is 4. The first-order valence-electron chi connectivity index (χ1n) is 9.93. The SMILES string of the molecule is C=C(CN1C(=O)C(CC(C)Oc2ccc3[nH]ncc3n2)c2ncccc21)NCC(F)(F)F. The van der Waals surface area contributed by atoms with E-state index in [1.54, 1.807) is 36.7 Å². The largest absolute Gasteiger partial charge is 0.475 e. The van der Waals surface area contributed by atoms with Gasteiger partial charge in [0.05, 0.1) is 41.7 Å². The monoisotopic (exact) mass is 446 g/mol. The zero-order valence-corrected chi connectivity index (χ0v) is 17.2. The molecule has 2 N–H and O–H groups in total. The summed E-state index contributed by atoms with van der Waals surface area (Å²) in [5.41, 5.74) is 2.66. The molecule has 0 aromatic carbocycles.